The molecule has 3 rings (SSSR count). The number of carbonyl (C=O) groups is 1. The van der Waals surface area contributed by atoms with Crippen LogP contribution in [-0.2, 0) is 0 Å². The van der Waals surface area contributed by atoms with Crippen LogP contribution in [-0.4, -0.2) is 36.5 Å². The second kappa shape index (κ2) is 7.98. The zero-order chi connectivity index (χ0) is 18.4. The van der Waals surface area contributed by atoms with Gasteiger partial charge in [0.25, 0.3) is 5.91 Å². The summed E-state index contributed by atoms with van der Waals surface area (Å²) < 4.78 is 10.3. The molecule has 1 heterocycles. The highest BCUT2D eigenvalue weighted by molar-refractivity contribution is 5.94. The molecule has 132 valence electrons. The first kappa shape index (κ1) is 17.2. The van der Waals surface area contributed by atoms with Crippen LogP contribution in [0.2, 0.25) is 0 Å². The summed E-state index contributed by atoms with van der Waals surface area (Å²) >= 11 is 0. The highest BCUT2D eigenvalue weighted by Crippen LogP contribution is 2.21. The second-order valence-corrected chi connectivity index (χ2v) is 5.37. The Kier molecular flexibility index (Phi) is 5.28. The number of nitrogens with one attached hydrogen (secondary N) is 2. The molecule has 26 heavy (non-hydrogen) atoms. The number of ether oxygens (including phenoxy) is 2. The number of rotatable bonds is 6. The maximum Gasteiger partial charge on any atom is 0.289 e. The Morgan fingerprint density at radius 1 is 1.08 bits per heavy atom. The Labute approximate surface area is 150 Å². The molecule has 0 radical (unpaired) electrons. The van der Waals surface area contributed by atoms with Gasteiger partial charge in [-0.15, -0.1) is 0 Å². The normalized spacial score (nSPS) is 10.7. The van der Waals surface area contributed by atoms with E-state index in [1.807, 2.05) is 48.5 Å². The van der Waals surface area contributed by atoms with Crippen molar-refractivity contribution in [3.8, 4) is 22.8 Å². The van der Waals surface area contributed by atoms with Crippen LogP contribution < -0.4 is 14.9 Å². The highest BCUT2D eigenvalue weighted by Gasteiger charge is 2.10. The molecule has 0 aliphatic rings. The Balaban J connectivity index is 1.64. The monoisotopic (exact) mass is 350 g/mol. The van der Waals surface area contributed by atoms with E-state index >= 15 is 0 Å². The zero-order valence-corrected chi connectivity index (χ0v) is 14.4. The summed E-state index contributed by atoms with van der Waals surface area (Å²) in [4.78, 5) is 12.2. The molecule has 0 spiro atoms. The van der Waals surface area contributed by atoms with Crippen molar-refractivity contribution in [1.82, 2.24) is 15.6 Å². The van der Waals surface area contributed by atoms with Crippen LogP contribution in [0.4, 0.5) is 0 Å². The van der Waals surface area contributed by atoms with Gasteiger partial charge in [-0.05, 0) is 48.0 Å². The lowest BCUT2D eigenvalue weighted by Crippen LogP contribution is -2.18. The third-order valence-corrected chi connectivity index (χ3v) is 3.68. The van der Waals surface area contributed by atoms with Gasteiger partial charge in [0.05, 0.1) is 26.1 Å². The van der Waals surface area contributed by atoms with Crippen molar-refractivity contribution in [1.29, 1.82) is 0 Å². The molecule has 2 aromatic carbocycles. The van der Waals surface area contributed by atoms with Gasteiger partial charge in [0.1, 0.15) is 17.2 Å². The number of H-pyrrole nitrogens is 1. The second-order valence-electron chi connectivity index (χ2n) is 5.37. The third-order valence-electron chi connectivity index (χ3n) is 3.68. The molecule has 3 aromatic rings. The van der Waals surface area contributed by atoms with Gasteiger partial charge in [0.15, 0.2) is 0 Å². The number of nitrogens with zero attached hydrogens (tertiary/aromatic N) is 2. The van der Waals surface area contributed by atoms with Crippen molar-refractivity contribution in [3.05, 3.63) is 65.9 Å². The van der Waals surface area contributed by atoms with Gasteiger partial charge in [-0.25, -0.2) is 5.43 Å². The Morgan fingerprint density at radius 3 is 2.58 bits per heavy atom. The number of benzene rings is 2. The van der Waals surface area contributed by atoms with Gasteiger partial charge in [-0.3, -0.25) is 9.89 Å². The van der Waals surface area contributed by atoms with Crippen LogP contribution in [0.3, 0.4) is 0 Å². The molecule has 0 bridgehead atoms. The summed E-state index contributed by atoms with van der Waals surface area (Å²) in [7, 11) is 3.20. The summed E-state index contributed by atoms with van der Waals surface area (Å²) in [6, 6.07) is 16.4. The molecule has 0 saturated heterocycles. The summed E-state index contributed by atoms with van der Waals surface area (Å²) in [5.74, 6) is 1.10. The molecule has 1 aromatic heterocycles. The van der Waals surface area contributed by atoms with Crippen molar-refractivity contribution in [3.63, 3.8) is 0 Å². The van der Waals surface area contributed by atoms with Crippen molar-refractivity contribution in [2.24, 2.45) is 5.10 Å². The fourth-order valence-corrected chi connectivity index (χ4v) is 2.30. The molecule has 1 amide bonds. The minimum Gasteiger partial charge on any atom is -0.497 e. The molecule has 0 aliphatic heterocycles. The van der Waals surface area contributed by atoms with Crippen LogP contribution in [0.25, 0.3) is 11.3 Å². The van der Waals surface area contributed by atoms with Crippen molar-refractivity contribution in [2.75, 3.05) is 14.2 Å². The minimum absolute atomic E-state index is 0.318. The minimum atomic E-state index is -0.378. The van der Waals surface area contributed by atoms with Gasteiger partial charge >= 0.3 is 0 Å². The molecular weight excluding hydrogens is 332 g/mol. The quantitative estimate of drug-likeness (QED) is 0.528. The third kappa shape index (κ3) is 4.07. The summed E-state index contributed by atoms with van der Waals surface area (Å²) in [6.07, 6.45) is 1.54. The Bertz CT molecular complexity index is 917. The number of aromatic nitrogens is 2. The molecule has 0 aliphatic carbocycles. The van der Waals surface area contributed by atoms with Crippen LogP contribution in [0.1, 0.15) is 16.1 Å². The average molecular weight is 350 g/mol. The number of aromatic amines is 1. The topological polar surface area (TPSA) is 88.6 Å². The summed E-state index contributed by atoms with van der Waals surface area (Å²) in [5, 5.41) is 10.8. The number of hydrogen-bond donors (Lipinski definition) is 2. The van der Waals surface area contributed by atoms with Crippen LogP contribution >= 0.6 is 0 Å². The SMILES string of the molecule is COc1ccc(-c2cc(C(=O)NN=Cc3cccc(OC)c3)[nH]n2)cc1. The number of hydrogen-bond acceptors (Lipinski definition) is 5. The smallest absolute Gasteiger partial charge is 0.289 e. The van der Waals surface area contributed by atoms with Gasteiger partial charge in [0.2, 0.25) is 0 Å². The fraction of sp³-hybridized carbons (Fsp3) is 0.105. The van der Waals surface area contributed by atoms with Crippen molar-refractivity contribution < 1.29 is 14.3 Å². The predicted molar refractivity (Wildman–Crippen MR) is 98.6 cm³/mol. The molecule has 0 saturated carbocycles. The Morgan fingerprint density at radius 2 is 1.85 bits per heavy atom. The molecule has 0 unspecified atom stereocenters. The number of methoxy groups -OCH3 is 2. The molecule has 7 nitrogen and oxygen atoms in total. The average Bonchev–Trinajstić information content (AvgIpc) is 3.18. The molecular formula is C19H18N4O3. The first-order chi connectivity index (χ1) is 12.7. The lowest BCUT2D eigenvalue weighted by atomic mass is 10.1. The van der Waals surface area contributed by atoms with Gasteiger partial charge in [-0.1, -0.05) is 12.1 Å². The first-order valence-corrected chi connectivity index (χ1v) is 7.87. The van der Waals surface area contributed by atoms with E-state index in [-0.39, 0.29) is 5.91 Å². The van der Waals surface area contributed by atoms with E-state index < -0.39 is 0 Å². The van der Waals surface area contributed by atoms with Crippen LogP contribution in [0.15, 0.2) is 59.7 Å². The lowest BCUT2D eigenvalue weighted by molar-refractivity contribution is 0.0950. The number of carbonyl (C=O) groups excluding carboxylic acids is 1. The number of hydrazone groups is 1. The van der Waals surface area contributed by atoms with E-state index in [9.17, 15) is 4.79 Å². The van der Waals surface area contributed by atoms with E-state index in [0.29, 0.717) is 11.4 Å². The zero-order valence-electron chi connectivity index (χ0n) is 14.4. The number of amides is 1. The summed E-state index contributed by atoms with van der Waals surface area (Å²) in [6.45, 7) is 0. The van der Waals surface area contributed by atoms with E-state index in [4.69, 9.17) is 9.47 Å². The van der Waals surface area contributed by atoms with Crippen LogP contribution in [0.5, 0.6) is 11.5 Å². The Hall–Kier alpha value is -3.61. The van der Waals surface area contributed by atoms with Crippen molar-refractivity contribution in [2.45, 2.75) is 0 Å². The lowest BCUT2D eigenvalue weighted by Gasteiger charge is -2.00. The standard InChI is InChI=1S/C19H18N4O3/c1-25-15-8-6-14(7-9-15)17-11-18(22-21-17)19(24)23-20-12-13-4-3-5-16(10-13)26-2/h3-12H,1-2H3,(H,21,22)(H,23,24). The fourth-order valence-electron chi connectivity index (χ4n) is 2.30. The molecule has 0 fully saturated rings. The van der Waals surface area contributed by atoms with Crippen LogP contribution in [0, 0.1) is 0 Å². The first-order valence-electron chi connectivity index (χ1n) is 7.87. The van der Waals surface area contributed by atoms with Crippen molar-refractivity contribution >= 4 is 12.1 Å². The maximum absolute atomic E-state index is 12.2. The van der Waals surface area contributed by atoms with Gasteiger partial charge in [-0.2, -0.15) is 10.2 Å². The summed E-state index contributed by atoms with van der Waals surface area (Å²) in [5.41, 5.74) is 5.14. The largest absolute Gasteiger partial charge is 0.497 e. The van der Waals surface area contributed by atoms with Gasteiger partial charge in [0, 0.05) is 5.56 Å². The predicted octanol–water partition coefficient (Wildman–Crippen LogP) is 2.86. The van der Waals surface area contributed by atoms with E-state index in [2.05, 4.69) is 20.7 Å². The highest BCUT2D eigenvalue weighted by atomic mass is 16.5. The maximum atomic E-state index is 12.2. The molecule has 2 N–H and O–H groups in total. The van der Waals surface area contributed by atoms with Gasteiger partial charge < -0.3 is 9.47 Å². The molecule has 0 atom stereocenters. The van der Waals surface area contributed by atoms with E-state index in [0.717, 1.165) is 22.6 Å². The molecule has 7 heteroatoms. The van der Waals surface area contributed by atoms with E-state index in [1.165, 1.54) is 0 Å². The van der Waals surface area contributed by atoms with E-state index in [1.54, 1.807) is 26.5 Å².